The van der Waals surface area contributed by atoms with Gasteiger partial charge in [-0.1, -0.05) is 6.07 Å². The molecular formula is C20H26FN5O2. The van der Waals surface area contributed by atoms with Gasteiger partial charge in [0.15, 0.2) is 0 Å². The van der Waals surface area contributed by atoms with Gasteiger partial charge in [-0.2, -0.15) is 5.10 Å². The van der Waals surface area contributed by atoms with Gasteiger partial charge < -0.3 is 0 Å². The van der Waals surface area contributed by atoms with Crippen molar-refractivity contribution in [3.8, 4) is 0 Å². The Balaban J connectivity index is 1.68. The van der Waals surface area contributed by atoms with Crippen LogP contribution in [0.5, 0.6) is 0 Å². The summed E-state index contributed by atoms with van der Waals surface area (Å²) in [6.07, 6.45) is 4.91. The first kappa shape index (κ1) is 20.2. The van der Waals surface area contributed by atoms with Crippen LogP contribution in [0, 0.1) is 13.8 Å². The number of carbonyl (C=O) groups excluding carboxylic acids is 1. The maximum Gasteiger partial charge on any atom is 0.267 e. The molecule has 0 bridgehead atoms. The standard InChI is InChI=1S/C20H26FN5O2/c1-13-19(14(2)25(3)23-13)9-18-8-16(21)11-26(18)12-17-6-4-15(10-22-17)5-7-20(27)24-28/h4-7,10,16,18,28H,8-9,11-12H2,1-3H3,(H,24,27)/t16-,18-/m1/s1. The fourth-order valence-electron chi connectivity index (χ4n) is 3.72. The molecular weight excluding hydrogens is 361 g/mol. The maximum atomic E-state index is 14.2. The Kier molecular flexibility index (Phi) is 6.21. The van der Waals surface area contributed by atoms with Crippen LogP contribution in [0.4, 0.5) is 4.39 Å². The van der Waals surface area contributed by atoms with Crippen LogP contribution in [0.25, 0.3) is 6.08 Å². The van der Waals surface area contributed by atoms with Gasteiger partial charge >= 0.3 is 0 Å². The lowest BCUT2D eigenvalue weighted by molar-refractivity contribution is -0.124. The summed E-state index contributed by atoms with van der Waals surface area (Å²) >= 11 is 0. The van der Waals surface area contributed by atoms with E-state index in [0.29, 0.717) is 19.5 Å². The van der Waals surface area contributed by atoms with Crippen LogP contribution in [-0.4, -0.2) is 49.5 Å². The summed E-state index contributed by atoms with van der Waals surface area (Å²) in [5.74, 6) is -0.598. The van der Waals surface area contributed by atoms with Gasteiger partial charge in [0, 0.05) is 44.1 Å². The Labute approximate surface area is 163 Å². The predicted octanol–water partition coefficient (Wildman–Crippen LogP) is 2.11. The molecule has 1 aliphatic rings. The number of hydrogen-bond donors (Lipinski definition) is 2. The van der Waals surface area contributed by atoms with Crippen LogP contribution in [-0.2, 0) is 24.8 Å². The summed E-state index contributed by atoms with van der Waals surface area (Å²) in [6.45, 7) is 5.03. The van der Waals surface area contributed by atoms with E-state index in [1.165, 1.54) is 17.1 Å². The second-order valence-corrected chi connectivity index (χ2v) is 7.29. The summed E-state index contributed by atoms with van der Waals surface area (Å²) < 4.78 is 16.0. The molecule has 8 heteroatoms. The number of carbonyl (C=O) groups is 1. The molecule has 0 radical (unpaired) electrons. The molecule has 3 rings (SSSR count). The minimum Gasteiger partial charge on any atom is -0.291 e. The van der Waals surface area contributed by atoms with Crippen LogP contribution < -0.4 is 5.48 Å². The molecule has 2 N–H and O–H groups in total. The van der Waals surface area contributed by atoms with Crippen molar-refractivity contribution in [1.82, 2.24) is 25.1 Å². The van der Waals surface area contributed by atoms with E-state index in [1.54, 1.807) is 12.3 Å². The number of aromatic nitrogens is 3. The molecule has 150 valence electrons. The third-order valence-electron chi connectivity index (χ3n) is 5.33. The lowest BCUT2D eigenvalue weighted by atomic mass is 10.0. The third kappa shape index (κ3) is 4.63. The minimum absolute atomic E-state index is 0.117. The molecule has 0 unspecified atom stereocenters. The van der Waals surface area contributed by atoms with E-state index in [0.717, 1.165) is 29.1 Å². The van der Waals surface area contributed by atoms with Crippen molar-refractivity contribution in [2.24, 2.45) is 7.05 Å². The highest BCUT2D eigenvalue weighted by Gasteiger charge is 2.33. The number of aryl methyl sites for hydroxylation is 2. The van der Waals surface area contributed by atoms with E-state index >= 15 is 0 Å². The number of hydroxylamine groups is 1. The summed E-state index contributed by atoms with van der Waals surface area (Å²) in [5, 5.41) is 13.0. The fraction of sp³-hybridized carbons (Fsp3) is 0.450. The van der Waals surface area contributed by atoms with Gasteiger partial charge in [0.1, 0.15) is 6.17 Å². The molecule has 1 fully saturated rings. The smallest absolute Gasteiger partial charge is 0.267 e. The zero-order valence-corrected chi connectivity index (χ0v) is 16.4. The Morgan fingerprint density at radius 1 is 1.43 bits per heavy atom. The lowest BCUT2D eigenvalue weighted by Gasteiger charge is -2.24. The quantitative estimate of drug-likeness (QED) is 0.451. The SMILES string of the molecule is Cc1nn(C)c(C)c1C[C@H]1C[C@@H](F)CN1Cc1ccc(C=CC(=O)NO)cn1. The largest absolute Gasteiger partial charge is 0.291 e. The van der Waals surface area contributed by atoms with Crippen molar-refractivity contribution >= 4 is 12.0 Å². The first-order valence-corrected chi connectivity index (χ1v) is 9.31. The molecule has 0 aliphatic carbocycles. The van der Waals surface area contributed by atoms with Gasteiger partial charge in [-0.25, -0.2) is 9.87 Å². The van der Waals surface area contributed by atoms with E-state index in [4.69, 9.17) is 5.21 Å². The Hall–Kier alpha value is -2.58. The number of likely N-dealkylation sites (tertiary alicyclic amines) is 1. The van der Waals surface area contributed by atoms with Crippen LogP contribution >= 0.6 is 0 Å². The normalized spacial score (nSPS) is 20.2. The van der Waals surface area contributed by atoms with E-state index in [-0.39, 0.29) is 6.04 Å². The third-order valence-corrected chi connectivity index (χ3v) is 5.33. The molecule has 1 saturated heterocycles. The summed E-state index contributed by atoms with van der Waals surface area (Å²) in [5.41, 5.74) is 6.46. The Morgan fingerprint density at radius 3 is 2.82 bits per heavy atom. The molecule has 1 aliphatic heterocycles. The van der Waals surface area contributed by atoms with Gasteiger partial charge in [-0.15, -0.1) is 0 Å². The van der Waals surface area contributed by atoms with Crippen molar-refractivity contribution in [3.05, 3.63) is 52.6 Å². The van der Waals surface area contributed by atoms with Gasteiger partial charge in [0.05, 0.1) is 11.4 Å². The molecule has 7 nitrogen and oxygen atoms in total. The molecule has 1 amide bonds. The van der Waals surface area contributed by atoms with E-state index in [9.17, 15) is 9.18 Å². The first-order chi connectivity index (χ1) is 13.4. The Bertz CT molecular complexity index is 862. The Morgan fingerprint density at radius 2 is 2.21 bits per heavy atom. The second-order valence-electron chi connectivity index (χ2n) is 7.29. The monoisotopic (exact) mass is 387 g/mol. The maximum absolute atomic E-state index is 14.2. The van der Waals surface area contributed by atoms with Gasteiger partial charge in [-0.3, -0.25) is 24.6 Å². The van der Waals surface area contributed by atoms with Crippen LogP contribution in [0.2, 0.25) is 0 Å². The number of alkyl halides is 1. The number of amides is 1. The van der Waals surface area contributed by atoms with Crippen LogP contribution in [0.1, 0.15) is 34.6 Å². The lowest BCUT2D eigenvalue weighted by Crippen LogP contribution is -2.31. The number of nitrogens with one attached hydrogen (secondary N) is 1. The average Bonchev–Trinajstić information content (AvgIpc) is 3.14. The molecule has 3 heterocycles. The number of nitrogens with zero attached hydrogens (tertiary/aromatic N) is 4. The van der Waals surface area contributed by atoms with Crippen molar-refractivity contribution in [1.29, 1.82) is 0 Å². The van der Waals surface area contributed by atoms with Crippen LogP contribution in [0.3, 0.4) is 0 Å². The van der Waals surface area contributed by atoms with E-state index in [1.807, 2.05) is 37.7 Å². The first-order valence-electron chi connectivity index (χ1n) is 9.31. The molecule has 2 aromatic rings. The predicted molar refractivity (Wildman–Crippen MR) is 103 cm³/mol. The zero-order valence-electron chi connectivity index (χ0n) is 16.4. The number of pyridine rings is 1. The highest BCUT2D eigenvalue weighted by atomic mass is 19.1. The second kappa shape index (κ2) is 8.62. The van der Waals surface area contributed by atoms with Crippen molar-refractivity contribution in [2.75, 3.05) is 6.54 Å². The van der Waals surface area contributed by atoms with Crippen molar-refractivity contribution in [3.63, 3.8) is 0 Å². The van der Waals surface area contributed by atoms with E-state index in [2.05, 4.69) is 15.0 Å². The fourth-order valence-corrected chi connectivity index (χ4v) is 3.72. The van der Waals surface area contributed by atoms with Gasteiger partial charge in [0.2, 0.25) is 0 Å². The van der Waals surface area contributed by atoms with Gasteiger partial charge in [-0.05, 0) is 50.0 Å². The van der Waals surface area contributed by atoms with E-state index < -0.39 is 12.1 Å². The average molecular weight is 387 g/mol. The molecule has 0 aromatic carbocycles. The molecule has 0 spiro atoms. The molecule has 28 heavy (non-hydrogen) atoms. The number of rotatable bonds is 6. The number of halogens is 1. The van der Waals surface area contributed by atoms with Gasteiger partial charge in [0.25, 0.3) is 5.91 Å². The zero-order chi connectivity index (χ0) is 20.3. The topological polar surface area (TPSA) is 83.3 Å². The highest BCUT2D eigenvalue weighted by molar-refractivity contribution is 5.90. The minimum atomic E-state index is -0.832. The molecule has 0 saturated carbocycles. The molecule has 2 aromatic heterocycles. The molecule has 2 atom stereocenters. The summed E-state index contributed by atoms with van der Waals surface area (Å²) in [6, 6.07) is 3.84. The van der Waals surface area contributed by atoms with Crippen molar-refractivity contribution < 1.29 is 14.4 Å². The number of hydrogen-bond acceptors (Lipinski definition) is 5. The highest BCUT2D eigenvalue weighted by Crippen LogP contribution is 2.27. The summed E-state index contributed by atoms with van der Waals surface area (Å²) in [4.78, 5) is 17.6. The van der Waals surface area contributed by atoms with Crippen LogP contribution in [0.15, 0.2) is 24.4 Å². The summed E-state index contributed by atoms with van der Waals surface area (Å²) in [7, 11) is 1.93. The van der Waals surface area contributed by atoms with Crippen molar-refractivity contribution in [2.45, 2.75) is 45.4 Å².